The van der Waals surface area contributed by atoms with Gasteiger partial charge in [0.05, 0.1) is 16.8 Å². The normalized spacial score (nSPS) is 10.6. The molecule has 2 aromatic rings. The largest absolute Gasteiger partial charge is 0.478 e. The molecule has 4 nitrogen and oxygen atoms in total. The number of carbonyl (C=O) groups is 2. The van der Waals surface area contributed by atoms with Crippen molar-refractivity contribution < 1.29 is 27.9 Å². The first-order valence-electron chi connectivity index (χ1n) is 7.57. The van der Waals surface area contributed by atoms with Gasteiger partial charge in [0.25, 0.3) is 0 Å². The molecule has 2 N–H and O–H groups in total. The molecule has 2 aromatic carbocycles. The van der Waals surface area contributed by atoms with E-state index >= 15 is 0 Å². The second-order valence-corrected chi connectivity index (χ2v) is 5.26. The van der Waals surface area contributed by atoms with Crippen LogP contribution in [0, 0.1) is 11.8 Å². The molecule has 0 aliphatic rings. The van der Waals surface area contributed by atoms with Crippen molar-refractivity contribution in [3.63, 3.8) is 0 Å². The summed E-state index contributed by atoms with van der Waals surface area (Å²) < 4.78 is 38.9. The van der Waals surface area contributed by atoms with Gasteiger partial charge in [0.15, 0.2) is 0 Å². The van der Waals surface area contributed by atoms with Crippen LogP contribution >= 0.6 is 0 Å². The third kappa shape index (κ3) is 4.63. The Hall–Kier alpha value is -3.27. The number of carboxylic acids is 1. The lowest BCUT2D eigenvalue weighted by Gasteiger charge is -2.09. The first kappa shape index (κ1) is 19.1. The van der Waals surface area contributed by atoms with Crippen LogP contribution < -0.4 is 5.32 Å². The Kier molecular flexibility index (Phi) is 5.68. The minimum Gasteiger partial charge on any atom is -0.478 e. The van der Waals surface area contributed by atoms with Crippen molar-refractivity contribution in [3.05, 3.63) is 64.7 Å². The van der Waals surface area contributed by atoms with Gasteiger partial charge in [-0.15, -0.1) is 0 Å². The fraction of sp³-hybridized carbons (Fsp3) is 0.158. The quantitative estimate of drug-likeness (QED) is 0.807. The molecule has 0 fully saturated rings. The summed E-state index contributed by atoms with van der Waals surface area (Å²) in [6.07, 6.45) is -4.36. The third-order valence-corrected chi connectivity index (χ3v) is 3.42. The van der Waals surface area contributed by atoms with Gasteiger partial charge in [0.2, 0.25) is 5.91 Å². The first-order chi connectivity index (χ1) is 12.2. The predicted octanol–water partition coefficient (Wildman–Crippen LogP) is 4.15. The second kappa shape index (κ2) is 7.74. The van der Waals surface area contributed by atoms with Gasteiger partial charge in [-0.2, -0.15) is 13.2 Å². The van der Waals surface area contributed by atoms with Crippen molar-refractivity contribution in [1.29, 1.82) is 0 Å². The Labute approximate surface area is 147 Å². The number of carbonyl (C=O) groups excluding carboxylic acids is 1. The van der Waals surface area contributed by atoms with E-state index in [0.717, 1.165) is 6.07 Å². The number of amides is 1. The number of rotatable bonds is 3. The molecule has 0 unspecified atom stereocenters. The van der Waals surface area contributed by atoms with Crippen LogP contribution in [0.5, 0.6) is 0 Å². The number of hydrogen-bond donors (Lipinski definition) is 2. The van der Waals surface area contributed by atoms with Gasteiger partial charge < -0.3 is 10.4 Å². The Balaban J connectivity index is 2.41. The number of benzene rings is 2. The number of aromatic carboxylic acids is 1. The van der Waals surface area contributed by atoms with E-state index in [9.17, 15) is 27.9 Å². The van der Waals surface area contributed by atoms with Crippen LogP contribution in [-0.4, -0.2) is 17.0 Å². The van der Waals surface area contributed by atoms with E-state index < -0.39 is 17.7 Å². The lowest BCUT2D eigenvalue weighted by atomic mass is 10.1. The van der Waals surface area contributed by atoms with E-state index in [-0.39, 0.29) is 34.7 Å². The highest BCUT2D eigenvalue weighted by Gasteiger charge is 2.32. The standard InChI is InChI=1S/C19H14F3NO3/c1-2-17(24)23-16-10-8-12(11-14(16)18(25)26)7-9-13-5-3-4-6-15(13)19(20,21)22/h3-6,8,10-11H,2H2,1H3,(H,23,24)(H,25,26). The molecular formula is C19H14F3NO3. The number of halogens is 3. The molecule has 0 heterocycles. The van der Waals surface area contributed by atoms with E-state index in [1.165, 1.54) is 36.4 Å². The van der Waals surface area contributed by atoms with Gasteiger partial charge in [0, 0.05) is 17.5 Å². The Bertz CT molecular complexity index is 908. The minimum atomic E-state index is -4.54. The average molecular weight is 361 g/mol. The van der Waals surface area contributed by atoms with Crippen molar-refractivity contribution in [3.8, 4) is 11.8 Å². The van der Waals surface area contributed by atoms with Gasteiger partial charge >= 0.3 is 12.1 Å². The Morgan fingerprint density at radius 1 is 1.12 bits per heavy atom. The predicted molar refractivity (Wildman–Crippen MR) is 89.7 cm³/mol. The smallest absolute Gasteiger partial charge is 0.417 e. The summed E-state index contributed by atoms with van der Waals surface area (Å²) in [5.41, 5.74) is -0.944. The zero-order valence-electron chi connectivity index (χ0n) is 13.6. The molecule has 0 radical (unpaired) electrons. The molecule has 0 saturated heterocycles. The topological polar surface area (TPSA) is 66.4 Å². The summed E-state index contributed by atoms with van der Waals surface area (Å²) in [6.45, 7) is 1.62. The second-order valence-electron chi connectivity index (χ2n) is 5.26. The van der Waals surface area contributed by atoms with Crippen molar-refractivity contribution in [2.75, 3.05) is 5.32 Å². The molecule has 2 rings (SSSR count). The molecule has 0 bridgehead atoms. The molecular weight excluding hydrogens is 347 g/mol. The highest BCUT2D eigenvalue weighted by molar-refractivity contribution is 6.00. The van der Waals surface area contributed by atoms with Crippen molar-refractivity contribution in [2.45, 2.75) is 19.5 Å². The summed E-state index contributed by atoms with van der Waals surface area (Å²) in [5, 5.41) is 11.7. The van der Waals surface area contributed by atoms with Crippen LogP contribution in [0.2, 0.25) is 0 Å². The fourth-order valence-electron chi connectivity index (χ4n) is 2.13. The summed E-state index contributed by atoms with van der Waals surface area (Å²) in [5.74, 6) is 3.32. The number of hydrogen-bond acceptors (Lipinski definition) is 2. The SMILES string of the molecule is CCC(=O)Nc1ccc(C#Cc2ccccc2C(F)(F)F)cc1C(=O)O. The molecule has 1 amide bonds. The highest BCUT2D eigenvalue weighted by atomic mass is 19.4. The van der Waals surface area contributed by atoms with Crippen molar-refractivity contribution >= 4 is 17.6 Å². The molecule has 0 atom stereocenters. The summed E-state index contributed by atoms with van der Waals surface area (Å²) in [7, 11) is 0. The van der Waals surface area contributed by atoms with Crippen molar-refractivity contribution in [1.82, 2.24) is 0 Å². The van der Waals surface area contributed by atoms with Crippen molar-refractivity contribution in [2.24, 2.45) is 0 Å². The molecule has 134 valence electrons. The maximum Gasteiger partial charge on any atom is 0.417 e. The Morgan fingerprint density at radius 3 is 2.42 bits per heavy atom. The third-order valence-electron chi connectivity index (χ3n) is 3.42. The molecule has 0 aromatic heterocycles. The van der Waals surface area contributed by atoms with Crippen LogP contribution in [0.25, 0.3) is 0 Å². The van der Waals surface area contributed by atoms with Crippen LogP contribution in [0.3, 0.4) is 0 Å². The minimum absolute atomic E-state index is 0.102. The number of nitrogens with one attached hydrogen (secondary N) is 1. The van der Waals surface area contributed by atoms with Crippen LogP contribution in [0.1, 0.15) is 40.4 Å². The number of carboxylic acid groups (broad SMARTS) is 1. The summed E-state index contributed by atoms with van der Waals surface area (Å²) in [4.78, 5) is 22.8. The van der Waals surface area contributed by atoms with Gasteiger partial charge in [-0.25, -0.2) is 4.79 Å². The van der Waals surface area contributed by atoms with Crippen LogP contribution in [0.15, 0.2) is 42.5 Å². The molecule has 7 heteroatoms. The zero-order chi connectivity index (χ0) is 19.3. The summed E-state index contributed by atoms with van der Waals surface area (Å²) in [6, 6.07) is 8.86. The molecule has 0 saturated carbocycles. The molecule has 0 spiro atoms. The van der Waals surface area contributed by atoms with Crippen LogP contribution in [-0.2, 0) is 11.0 Å². The van der Waals surface area contributed by atoms with Crippen LogP contribution in [0.4, 0.5) is 18.9 Å². The van der Waals surface area contributed by atoms with E-state index in [1.807, 2.05) is 0 Å². The monoisotopic (exact) mass is 361 g/mol. The fourth-order valence-corrected chi connectivity index (χ4v) is 2.13. The van der Waals surface area contributed by atoms with E-state index in [1.54, 1.807) is 6.92 Å². The maximum absolute atomic E-state index is 13.0. The first-order valence-corrected chi connectivity index (χ1v) is 7.57. The van der Waals surface area contributed by atoms with E-state index in [2.05, 4.69) is 17.2 Å². The zero-order valence-corrected chi connectivity index (χ0v) is 13.6. The van der Waals surface area contributed by atoms with E-state index in [0.29, 0.717) is 0 Å². The highest BCUT2D eigenvalue weighted by Crippen LogP contribution is 2.31. The number of anilines is 1. The van der Waals surface area contributed by atoms with Gasteiger partial charge in [-0.3, -0.25) is 4.79 Å². The molecule has 0 aliphatic carbocycles. The molecule has 0 aliphatic heterocycles. The summed E-state index contributed by atoms with van der Waals surface area (Å²) >= 11 is 0. The molecule has 26 heavy (non-hydrogen) atoms. The average Bonchev–Trinajstić information content (AvgIpc) is 2.60. The van der Waals surface area contributed by atoms with E-state index in [4.69, 9.17) is 0 Å². The Morgan fingerprint density at radius 2 is 1.81 bits per heavy atom. The van der Waals surface area contributed by atoms with Gasteiger partial charge in [-0.1, -0.05) is 30.9 Å². The van der Waals surface area contributed by atoms with Gasteiger partial charge in [0.1, 0.15) is 0 Å². The lowest BCUT2D eigenvalue weighted by molar-refractivity contribution is -0.137. The lowest BCUT2D eigenvalue weighted by Crippen LogP contribution is -2.13. The van der Waals surface area contributed by atoms with Gasteiger partial charge in [-0.05, 0) is 30.3 Å². The maximum atomic E-state index is 13.0. The number of alkyl halides is 3.